The molecular formula is C25H21FN4O. The molecule has 0 spiro atoms. The van der Waals surface area contributed by atoms with E-state index in [2.05, 4.69) is 16.8 Å². The number of rotatable bonds is 5. The van der Waals surface area contributed by atoms with Crippen molar-refractivity contribution < 1.29 is 9.18 Å². The van der Waals surface area contributed by atoms with Gasteiger partial charge in [0.25, 0.3) is 5.91 Å². The van der Waals surface area contributed by atoms with E-state index < -0.39 is 0 Å². The Morgan fingerprint density at radius 3 is 2.52 bits per heavy atom. The number of nitrogens with one attached hydrogen (secondary N) is 2. The molecule has 31 heavy (non-hydrogen) atoms. The zero-order chi connectivity index (χ0) is 21.4. The Bertz CT molecular complexity index is 1170. The maximum Gasteiger partial charge on any atom is 0.251 e. The predicted molar refractivity (Wildman–Crippen MR) is 117 cm³/mol. The zero-order valence-corrected chi connectivity index (χ0v) is 16.8. The lowest BCUT2D eigenvalue weighted by atomic mass is 10.0. The van der Waals surface area contributed by atoms with Crippen molar-refractivity contribution >= 4 is 17.3 Å². The van der Waals surface area contributed by atoms with Gasteiger partial charge in [-0.3, -0.25) is 4.79 Å². The van der Waals surface area contributed by atoms with Crippen LogP contribution in [0.25, 0.3) is 11.1 Å². The van der Waals surface area contributed by atoms with Crippen molar-refractivity contribution in [3.63, 3.8) is 0 Å². The molecule has 1 saturated heterocycles. The molecule has 154 valence electrons. The van der Waals surface area contributed by atoms with E-state index in [9.17, 15) is 9.18 Å². The molecule has 2 fully saturated rings. The molecule has 1 heterocycles. The fraction of sp³-hybridized carbons (Fsp3) is 0.200. The summed E-state index contributed by atoms with van der Waals surface area (Å²) in [5.74, 6) is -0.00551. The topological polar surface area (TPSA) is 68.2 Å². The number of amides is 1. The molecule has 2 aliphatic rings. The Balaban J connectivity index is 1.32. The fourth-order valence-electron chi connectivity index (χ4n) is 4.39. The van der Waals surface area contributed by atoms with Gasteiger partial charge in [-0.05, 0) is 54.4 Å². The number of halogens is 1. The van der Waals surface area contributed by atoms with E-state index in [1.54, 1.807) is 17.0 Å². The van der Waals surface area contributed by atoms with Gasteiger partial charge < -0.3 is 15.5 Å². The molecule has 1 aliphatic heterocycles. The minimum atomic E-state index is -0.275. The highest BCUT2D eigenvalue weighted by Gasteiger charge is 2.61. The average molecular weight is 412 g/mol. The van der Waals surface area contributed by atoms with E-state index in [0.29, 0.717) is 18.0 Å². The lowest BCUT2D eigenvalue weighted by molar-refractivity contribution is 0.0929. The number of fused-ring (bicyclic) bond motifs is 1. The van der Waals surface area contributed by atoms with Gasteiger partial charge in [0.15, 0.2) is 6.19 Å². The molecule has 1 unspecified atom stereocenters. The van der Waals surface area contributed by atoms with Crippen LogP contribution >= 0.6 is 0 Å². The molecule has 5 nitrogen and oxygen atoms in total. The Morgan fingerprint density at radius 2 is 1.81 bits per heavy atom. The minimum absolute atomic E-state index is 0.105. The number of anilines is 2. The summed E-state index contributed by atoms with van der Waals surface area (Å²) < 4.78 is 13.2. The molecule has 1 aliphatic carbocycles. The summed E-state index contributed by atoms with van der Waals surface area (Å²) in [7, 11) is 0. The number of piperidine rings is 1. The number of hydrogen-bond acceptors (Lipinski definition) is 4. The van der Waals surface area contributed by atoms with Crippen molar-refractivity contribution in [2.45, 2.75) is 12.0 Å². The van der Waals surface area contributed by atoms with Crippen molar-refractivity contribution in [1.29, 1.82) is 5.26 Å². The highest BCUT2D eigenvalue weighted by Crippen LogP contribution is 2.49. The monoisotopic (exact) mass is 412 g/mol. The molecule has 1 saturated carbocycles. The quantitative estimate of drug-likeness (QED) is 0.605. The van der Waals surface area contributed by atoms with Gasteiger partial charge in [0.1, 0.15) is 5.82 Å². The van der Waals surface area contributed by atoms with Crippen LogP contribution in [-0.2, 0) is 0 Å². The van der Waals surface area contributed by atoms with E-state index in [4.69, 9.17) is 5.26 Å². The third-order valence-corrected chi connectivity index (χ3v) is 6.16. The van der Waals surface area contributed by atoms with Gasteiger partial charge in [-0.15, -0.1) is 0 Å². The van der Waals surface area contributed by atoms with Crippen LogP contribution in [0.2, 0.25) is 0 Å². The first kappa shape index (κ1) is 19.1. The number of para-hydroxylation sites is 1. The first-order valence-electron chi connectivity index (χ1n) is 10.3. The summed E-state index contributed by atoms with van der Waals surface area (Å²) in [5.41, 5.74) is 4.01. The van der Waals surface area contributed by atoms with Gasteiger partial charge in [-0.1, -0.05) is 30.3 Å². The summed E-state index contributed by atoms with van der Waals surface area (Å²) in [6.45, 7) is 1.33. The third-order valence-electron chi connectivity index (χ3n) is 6.16. The number of nitriles is 1. The van der Waals surface area contributed by atoms with E-state index in [0.717, 1.165) is 35.5 Å². The summed E-state index contributed by atoms with van der Waals surface area (Å²) in [6, 6.07) is 21.6. The lowest BCUT2D eigenvalue weighted by Crippen LogP contribution is -2.41. The second-order valence-electron chi connectivity index (χ2n) is 8.25. The minimum Gasteiger partial charge on any atom is -0.355 e. The molecule has 3 aromatic carbocycles. The standard InChI is InChI=1S/C25H21FN4O/c26-20-9-11-21(12-10-20)28-23-4-2-1-3-22(23)17-5-7-18(8-6-17)24(31)29-25-13-19(25)14-30(15-25)16-27/h1-12,19,28H,13-15H2,(H,29,31)/t19?,25-/m0/s1. The molecule has 5 rings (SSSR count). The maximum absolute atomic E-state index is 13.2. The SMILES string of the molecule is N#CN1CC2C[C@]2(NC(=O)c2ccc(-c3ccccc3Nc3ccc(F)cc3)cc2)C1. The van der Waals surface area contributed by atoms with Crippen LogP contribution in [-0.4, -0.2) is 29.4 Å². The van der Waals surface area contributed by atoms with Crippen LogP contribution in [0, 0.1) is 23.2 Å². The van der Waals surface area contributed by atoms with E-state index in [1.165, 1.54) is 12.1 Å². The van der Waals surface area contributed by atoms with E-state index in [1.807, 2.05) is 48.5 Å². The molecular weight excluding hydrogens is 391 g/mol. The zero-order valence-electron chi connectivity index (χ0n) is 16.8. The third kappa shape index (κ3) is 3.71. The van der Waals surface area contributed by atoms with Crippen LogP contribution in [0.5, 0.6) is 0 Å². The molecule has 0 bridgehead atoms. The van der Waals surface area contributed by atoms with Gasteiger partial charge in [-0.2, -0.15) is 5.26 Å². The summed E-state index contributed by atoms with van der Waals surface area (Å²) in [6.07, 6.45) is 3.11. The van der Waals surface area contributed by atoms with E-state index in [-0.39, 0.29) is 17.3 Å². The Labute approximate surface area is 180 Å². The number of hydrogen-bond donors (Lipinski definition) is 2. The van der Waals surface area contributed by atoms with Gasteiger partial charge in [-0.25, -0.2) is 4.39 Å². The first-order valence-corrected chi connectivity index (χ1v) is 10.3. The van der Waals surface area contributed by atoms with Gasteiger partial charge >= 0.3 is 0 Å². The van der Waals surface area contributed by atoms with Gasteiger partial charge in [0.2, 0.25) is 0 Å². The van der Waals surface area contributed by atoms with Crippen molar-refractivity contribution in [1.82, 2.24) is 10.2 Å². The van der Waals surface area contributed by atoms with Crippen molar-refractivity contribution in [3.05, 3.63) is 84.2 Å². The second kappa shape index (κ2) is 7.44. The summed E-state index contributed by atoms with van der Waals surface area (Å²) in [5, 5.41) is 15.5. The maximum atomic E-state index is 13.2. The Morgan fingerprint density at radius 1 is 1.06 bits per heavy atom. The van der Waals surface area contributed by atoms with Crippen molar-refractivity contribution in [3.8, 4) is 17.3 Å². The fourth-order valence-corrected chi connectivity index (χ4v) is 4.39. The van der Waals surface area contributed by atoms with Crippen LogP contribution < -0.4 is 10.6 Å². The molecule has 2 atom stereocenters. The Kier molecular flexibility index (Phi) is 4.59. The highest BCUT2D eigenvalue weighted by molar-refractivity contribution is 5.96. The van der Waals surface area contributed by atoms with Crippen LogP contribution in [0.15, 0.2) is 72.8 Å². The van der Waals surface area contributed by atoms with Crippen LogP contribution in [0.4, 0.5) is 15.8 Å². The first-order chi connectivity index (χ1) is 15.1. The molecule has 0 radical (unpaired) electrons. The summed E-state index contributed by atoms with van der Waals surface area (Å²) in [4.78, 5) is 14.5. The smallest absolute Gasteiger partial charge is 0.251 e. The number of carbonyl (C=O) groups excluding carboxylic acids is 1. The van der Waals surface area contributed by atoms with Crippen LogP contribution in [0.3, 0.4) is 0 Å². The summed E-state index contributed by atoms with van der Waals surface area (Å²) >= 11 is 0. The van der Waals surface area contributed by atoms with Gasteiger partial charge in [0.05, 0.1) is 12.1 Å². The molecule has 1 amide bonds. The molecule has 3 aromatic rings. The van der Waals surface area contributed by atoms with E-state index >= 15 is 0 Å². The van der Waals surface area contributed by atoms with Crippen LogP contribution in [0.1, 0.15) is 16.8 Å². The molecule has 6 heteroatoms. The number of carbonyl (C=O) groups is 1. The largest absolute Gasteiger partial charge is 0.355 e. The van der Waals surface area contributed by atoms with Crippen molar-refractivity contribution in [2.24, 2.45) is 5.92 Å². The molecule has 2 N–H and O–H groups in total. The number of likely N-dealkylation sites (tertiary alicyclic amines) is 1. The number of nitrogens with zero attached hydrogens (tertiary/aromatic N) is 2. The van der Waals surface area contributed by atoms with Crippen molar-refractivity contribution in [2.75, 3.05) is 18.4 Å². The average Bonchev–Trinajstić information content (AvgIpc) is 3.34. The van der Waals surface area contributed by atoms with Gasteiger partial charge in [0, 0.05) is 35.0 Å². The second-order valence-corrected chi connectivity index (χ2v) is 8.25. The highest BCUT2D eigenvalue weighted by atomic mass is 19.1. The predicted octanol–water partition coefficient (Wildman–Crippen LogP) is 4.52. The lowest BCUT2D eigenvalue weighted by Gasteiger charge is -2.17. The Hall–Kier alpha value is -3.85. The molecule has 0 aromatic heterocycles. The normalized spacial score (nSPS) is 21.2. The number of benzene rings is 3.